The molecule has 0 unspecified atom stereocenters. The number of carbonyl (C=O) groups excluding carboxylic acids is 2. The molecule has 1 aliphatic rings. The van der Waals surface area contributed by atoms with Gasteiger partial charge >= 0.3 is 6.09 Å². The van der Waals surface area contributed by atoms with Crippen molar-refractivity contribution in [2.45, 2.75) is 39.2 Å². The van der Waals surface area contributed by atoms with E-state index >= 15 is 0 Å². The zero-order valence-electron chi connectivity index (χ0n) is 11.9. The van der Waals surface area contributed by atoms with E-state index in [1.807, 2.05) is 20.8 Å². The van der Waals surface area contributed by atoms with E-state index in [1.165, 1.54) is 0 Å². The number of likely N-dealkylation sites (tertiary alicyclic amines) is 1. The average molecular weight is 291 g/mol. The average Bonchev–Trinajstić information content (AvgIpc) is 2.34. The van der Waals surface area contributed by atoms with Gasteiger partial charge in [-0.3, -0.25) is 4.79 Å². The van der Waals surface area contributed by atoms with Gasteiger partial charge in [0.2, 0.25) is 5.91 Å². The van der Waals surface area contributed by atoms with Gasteiger partial charge < -0.3 is 15.0 Å². The lowest BCUT2D eigenvalue weighted by Gasteiger charge is -2.32. The van der Waals surface area contributed by atoms with Gasteiger partial charge in [0.25, 0.3) is 0 Å². The van der Waals surface area contributed by atoms with E-state index in [0.717, 1.165) is 19.4 Å². The van der Waals surface area contributed by atoms with Crippen LogP contribution in [0.1, 0.15) is 33.6 Å². The van der Waals surface area contributed by atoms with E-state index in [2.05, 4.69) is 5.32 Å². The third kappa shape index (κ3) is 6.14. The van der Waals surface area contributed by atoms with Gasteiger partial charge in [-0.05, 0) is 39.5 Å². The maximum Gasteiger partial charge on any atom is 0.407 e. The number of carbonyl (C=O) groups is 2. The van der Waals surface area contributed by atoms with Crippen LogP contribution >= 0.6 is 11.6 Å². The van der Waals surface area contributed by atoms with E-state index in [4.69, 9.17) is 16.3 Å². The van der Waals surface area contributed by atoms with Crippen molar-refractivity contribution in [3.05, 3.63) is 0 Å². The molecular weight excluding hydrogens is 268 g/mol. The minimum Gasteiger partial charge on any atom is -0.444 e. The molecule has 2 amide bonds. The number of ether oxygens (including phenoxy) is 1. The van der Waals surface area contributed by atoms with Crippen LogP contribution in [0.4, 0.5) is 4.79 Å². The van der Waals surface area contributed by atoms with Crippen LogP contribution in [0, 0.1) is 5.92 Å². The van der Waals surface area contributed by atoms with Crippen LogP contribution in [0.5, 0.6) is 0 Å². The molecule has 1 saturated heterocycles. The van der Waals surface area contributed by atoms with Crippen LogP contribution in [0.15, 0.2) is 0 Å². The third-order valence-electron chi connectivity index (χ3n) is 2.92. The molecule has 0 saturated carbocycles. The second kappa shape index (κ2) is 6.98. The molecule has 110 valence electrons. The van der Waals surface area contributed by atoms with Crippen LogP contribution in [-0.4, -0.2) is 48.0 Å². The van der Waals surface area contributed by atoms with Crippen molar-refractivity contribution in [3.8, 4) is 0 Å². The normalized spacial score (nSPS) is 20.0. The summed E-state index contributed by atoms with van der Waals surface area (Å²) in [6, 6.07) is 0. The Kier molecular flexibility index (Phi) is 5.91. The van der Waals surface area contributed by atoms with E-state index in [9.17, 15) is 9.59 Å². The fourth-order valence-corrected chi connectivity index (χ4v) is 2.25. The van der Waals surface area contributed by atoms with Gasteiger partial charge in [-0.15, -0.1) is 11.6 Å². The molecule has 1 rings (SSSR count). The fraction of sp³-hybridized carbons (Fsp3) is 0.846. The first kappa shape index (κ1) is 16.1. The van der Waals surface area contributed by atoms with Gasteiger partial charge in [0.15, 0.2) is 0 Å². The Hall–Kier alpha value is -0.970. The summed E-state index contributed by atoms with van der Waals surface area (Å²) in [5, 5.41) is 2.75. The zero-order valence-corrected chi connectivity index (χ0v) is 12.6. The van der Waals surface area contributed by atoms with Crippen LogP contribution < -0.4 is 5.32 Å². The number of piperidine rings is 1. The van der Waals surface area contributed by atoms with Crippen LogP contribution in [-0.2, 0) is 9.53 Å². The molecule has 0 bridgehead atoms. The van der Waals surface area contributed by atoms with Gasteiger partial charge in [-0.1, -0.05) is 0 Å². The fourth-order valence-electron chi connectivity index (χ4n) is 2.08. The number of alkyl carbamates (subject to hydrolysis) is 1. The molecule has 19 heavy (non-hydrogen) atoms. The molecule has 0 aromatic carbocycles. The largest absolute Gasteiger partial charge is 0.444 e. The number of nitrogens with zero attached hydrogens (tertiary/aromatic N) is 1. The SMILES string of the molecule is CC(C)(C)OC(=O)NC[C@H]1CCCN(C(=O)CCl)C1. The molecular formula is C13H23ClN2O3. The number of rotatable bonds is 3. The highest BCUT2D eigenvalue weighted by atomic mass is 35.5. The lowest BCUT2D eigenvalue weighted by molar-refractivity contribution is -0.130. The van der Waals surface area contributed by atoms with Gasteiger partial charge in [-0.25, -0.2) is 4.79 Å². The molecule has 0 spiro atoms. The minimum absolute atomic E-state index is 0.0201. The number of nitrogens with one attached hydrogen (secondary N) is 1. The van der Waals surface area contributed by atoms with E-state index in [0.29, 0.717) is 13.1 Å². The molecule has 5 nitrogen and oxygen atoms in total. The molecule has 1 aliphatic heterocycles. The highest BCUT2D eigenvalue weighted by Crippen LogP contribution is 2.16. The Morgan fingerprint density at radius 2 is 2.11 bits per heavy atom. The number of alkyl halides is 1. The summed E-state index contributed by atoms with van der Waals surface area (Å²) >= 11 is 5.55. The summed E-state index contributed by atoms with van der Waals surface area (Å²) in [5.41, 5.74) is -0.489. The van der Waals surface area contributed by atoms with Gasteiger partial charge in [0.05, 0.1) is 0 Å². The van der Waals surface area contributed by atoms with Gasteiger partial charge in [0.1, 0.15) is 11.5 Å². The number of hydrogen-bond donors (Lipinski definition) is 1. The van der Waals surface area contributed by atoms with Crippen molar-refractivity contribution in [1.29, 1.82) is 0 Å². The van der Waals surface area contributed by atoms with Crippen molar-refractivity contribution >= 4 is 23.6 Å². The third-order valence-corrected chi connectivity index (χ3v) is 3.15. The Labute approximate surface area is 119 Å². The predicted molar refractivity (Wildman–Crippen MR) is 74.3 cm³/mol. The van der Waals surface area contributed by atoms with Gasteiger partial charge in [0, 0.05) is 19.6 Å². The Bertz CT molecular complexity index is 328. The molecule has 0 aliphatic carbocycles. The monoisotopic (exact) mass is 290 g/mol. The topological polar surface area (TPSA) is 58.6 Å². The van der Waals surface area contributed by atoms with Crippen molar-refractivity contribution in [3.63, 3.8) is 0 Å². The summed E-state index contributed by atoms with van der Waals surface area (Å²) in [4.78, 5) is 24.8. The van der Waals surface area contributed by atoms with Crippen LogP contribution in [0.3, 0.4) is 0 Å². The predicted octanol–water partition coefficient (Wildman–Crippen LogP) is 1.99. The summed E-state index contributed by atoms with van der Waals surface area (Å²) in [6.07, 6.45) is 1.54. The molecule has 1 fully saturated rings. The Morgan fingerprint density at radius 1 is 1.42 bits per heavy atom. The van der Waals surface area contributed by atoms with Gasteiger partial charge in [-0.2, -0.15) is 0 Å². The standard InChI is InChI=1S/C13H23ClN2O3/c1-13(2,3)19-12(18)15-8-10-5-4-6-16(9-10)11(17)7-14/h10H,4-9H2,1-3H3,(H,15,18)/t10-/m1/s1. The second-order valence-corrected chi connectivity index (χ2v) is 6.13. The summed E-state index contributed by atoms with van der Waals surface area (Å²) in [5.74, 6) is 0.253. The first-order valence-corrected chi connectivity index (χ1v) is 7.16. The Morgan fingerprint density at radius 3 is 2.68 bits per heavy atom. The smallest absolute Gasteiger partial charge is 0.407 e. The van der Waals surface area contributed by atoms with Crippen molar-refractivity contribution in [2.75, 3.05) is 25.5 Å². The summed E-state index contributed by atoms with van der Waals surface area (Å²) in [7, 11) is 0. The molecule has 0 aromatic rings. The molecule has 1 atom stereocenters. The van der Waals surface area contributed by atoms with E-state index in [-0.39, 0.29) is 17.7 Å². The molecule has 0 aromatic heterocycles. The highest BCUT2D eigenvalue weighted by Gasteiger charge is 2.24. The number of hydrogen-bond acceptors (Lipinski definition) is 3. The summed E-state index contributed by atoms with van der Waals surface area (Å²) in [6.45, 7) is 7.42. The van der Waals surface area contributed by atoms with E-state index < -0.39 is 11.7 Å². The van der Waals surface area contributed by atoms with Crippen molar-refractivity contribution in [1.82, 2.24) is 10.2 Å². The molecule has 6 heteroatoms. The zero-order chi connectivity index (χ0) is 14.5. The quantitative estimate of drug-likeness (QED) is 0.809. The van der Waals surface area contributed by atoms with Crippen molar-refractivity contribution < 1.29 is 14.3 Å². The summed E-state index contributed by atoms with van der Waals surface area (Å²) < 4.78 is 5.17. The maximum atomic E-state index is 11.5. The van der Waals surface area contributed by atoms with Crippen LogP contribution in [0.2, 0.25) is 0 Å². The van der Waals surface area contributed by atoms with Crippen molar-refractivity contribution in [2.24, 2.45) is 5.92 Å². The molecule has 1 N–H and O–H groups in total. The lowest BCUT2D eigenvalue weighted by Crippen LogP contribution is -2.44. The number of amides is 2. The highest BCUT2D eigenvalue weighted by molar-refractivity contribution is 6.27. The first-order valence-electron chi connectivity index (χ1n) is 6.62. The number of halogens is 1. The van der Waals surface area contributed by atoms with E-state index in [1.54, 1.807) is 4.90 Å². The Balaban J connectivity index is 2.33. The minimum atomic E-state index is -0.489. The molecule has 0 radical (unpaired) electrons. The van der Waals surface area contributed by atoms with Crippen LogP contribution in [0.25, 0.3) is 0 Å². The maximum absolute atomic E-state index is 11.5. The lowest BCUT2D eigenvalue weighted by atomic mass is 9.98. The first-order chi connectivity index (χ1) is 8.81. The molecule has 1 heterocycles. The second-order valence-electron chi connectivity index (χ2n) is 5.86.